The van der Waals surface area contributed by atoms with E-state index in [0.717, 1.165) is 45.6 Å². The molecule has 0 unspecified atom stereocenters. The molecule has 1 amide bonds. The number of carbonyl (C=O) groups excluding carboxylic acids is 1. The third kappa shape index (κ3) is 9.10. The molecule has 0 saturated carbocycles. The number of amides is 1. The van der Waals surface area contributed by atoms with Crippen LogP contribution in [0.4, 0.5) is 0 Å². The predicted octanol–water partition coefficient (Wildman–Crippen LogP) is 2.58. The molecule has 0 aromatic heterocycles. The molecule has 0 aliphatic rings. The molecule has 0 rings (SSSR count). The van der Waals surface area contributed by atoms with Gasteiger partial charge in [-0.05, 0) is 57.8 Å². The quantitative estimate of drug-likeness (QED) is 0.602. The Kier molecular flexibility index (Phi) is 11.6. The second-order valence-electron chi connectivity index (χ2n) is 6.29. The highest BCUT2D eigenvalue weighted by molar-refractivity contribution is 5.76. The molecule has 4 heteroatoms. The second-order valence-corrected chi connectivity index (χ2v) is 6.29. The van der Waals surface area contributed by atoms with E-state index < -0.39 is 0 Å². The van der Waals surface area contributed by atoms with E-state index in [1.807, 2.05) is 4.90 Å². The minimum atomic E-state index is 0.271. The van der Waals surface area contributed by atoms with Gasteiger partial charge in [-0.2, -0.15) is 0 Å². The lowest BCUT2D eigenvalue weighted by Crippen LogP contribution is -2.36. The smallest absolute Gasteiger partial charge is 0.222 e. The van der Waals surface area contributed by atoms with Crippen molar-refractivity contribution < 1.29 is 4.79 Å². The highest BCUT2D eigenvalue weighted by Gasteiger charge is 2.18. The van der Waals surface area contributed by atoms with E-state index in [-0.39, 0.29) is 5.91 Å². The van der Waals surface area contributed by atoms with Crippen LogP contribution in [0.25, 0.3) is 0 Å². The number of hydrogen-bond donors (Lipinski definition) is 1. The number of nitrogens with two attached hydrogens (primary N) is 1. The summed E-state index contributed by atoms with van der Waals surface area (Å²) in [5.74, 6) is 1.20. The highest BCUT2D eigenvalue weighted by atomic mass is 16.2. The predicted molar refractivity (Wildman–Crippen MR) is 91.3 cm³/mol. The van der Waals surface area contributed by atoms with Crippen molar-refractivity contribution in [2.45, 2.75) is 53.9 Å². The lowest BCUT2D eigenvalue weighted by Gasteiger charge is -2.26. The number of carbonyl (C=O) groups is 1. The molecule has 0 bridgehead atoms. The molecular formula is C17H37N3O. The lowest BCUT2D eigenvalue weighted by molar-refractivity contribution is -0.132. The fraction of sp³-hybridized carbons (Fsp3) is 0.941. The SMILES string of the molecule is CCN(CC)CCCN(CC)C(=O)C[C@@H](CN)CC(C)C. The van der Waals surface area contributed by atoms with E-state index in [1.165, 1.54) is 0 Å². The third-order valence-electron chi connectivity index (χ3n) is 4.13. The van der Waals surface area contributed by atoms with E-state index in [2.05, 4.69) is 39.5 Å². The summed E-state index contributed by atoms with van der Waals surface area (Å²) in [5, 5.41) is 0. The van der Waals surface area contributed by atoms with Gasteiger partial charge in [-0.15, -0.1) is 0 Å². The van der Waals surface area contributed by atoms with Crippen LogP contribution in [-0.2, 0) is 4.79 Å². The number of rotatable bonds is 12. The Hall–Kier alpha value is -0.610. The molecule has 0 radical (unpaired) electrons. The molecule has 0 heterocycles. The van der Waals surface area contributed by atoms with E-state index in [9.17, 15) is 4.79 Å². The first-order valence-electron chi connectivity index (χ1n) is 8.68. The summed E-state index contributed by atoms with van der Waals surface area (Å²) < 4.78 is 0. The van der Waals surface area contributed by atoms with Crippen molar-refractivity contribution in [3.8, 4) is 0 Å². The topological polar surface area (TPSA) is 49.6 Å². The van der Waals surface area contributed by atoms with Gasteiger partial charge in [-0.25, -0.2) is 0 Å². The molecule has 0 aliphatic heterocycles. The molecule has 4 nitrogen and oxygen atoms in total. The molecule has 0 fully saturated rings. The van der Waals surface area contributed by atoms with Gasteiger partial charge in [-0.1, -0.05) is 27.7 Å². The van der Waals surface area contributed by atoms with Gasteiger partial charge in [-0.3, -0.25) is 4.79 Å². The van der Waals surface area contributed by atoms with Crippen LogP contribution in [-0.4, -0.2) is 55.0 Å². The molecule has 1 atom stereocenters. The van der Waals surface area contributed by atoms with Crippen LogP contribution in [0.3, 0.4) is 0 Å². The number of nitrogens with zero attached hydrogens (tertiary/aromatic N) is 2. The first-order chi connectivity index (χ1) is 9.98. The molecule has 0 aromatic rings. The normalized spacial score (nSPS) is 13.0. The second kappa shape index (κ2) is 12.0. The van der Waals surface area contributed by atoms with Crippen molar-refractivity contribution in [1.82, 2.24) is 9.80 Å². The van der Waals surface area contributed by atoms with Gasteiger partial charge < -0.3 is 15.5 Å². The Morgan fingerprint density at radius 1 is 1.05 bits per heavy atom. The molecule has 0 spiro atoms. The summed E-state index contributed by atoms with van der Waals surface area (Å²) in [6, 6.07) is 0. The summed E-state index contributed by atoms with van der Waals surface area (Å²) in [7, 11) is 0. The maximum absolute atomic E-state index is 12.4. The fourth-order valence-corrected chi connectivity index (χ4v) is 2.79. The summed E-state index contributed by atoms with van der Waals surface area (Å²) >= 11 is 0. The fourth-order valence-electron chi connectivity index (χ4n) is 2.79. The number of hydrogen-bond acceptors (Lipinski definition) is 3. The van der Waals surface area contributed by atoms with Gasteiger partial charge in [0.1, 0.15) is 0 Å². The summed E-state index contributed by atoms with van der Waals surface area (Å²) in [6.45, 7) is 16.3. The van der Waals surface area contributed by atoms with Gasteiger partial charge in [0.25, 0.3) is 0 Å². The molecule has 126 valence electrons. The average molecular weight is 300 g/mol. The largest absolute Gasteiger partial charge is 0.343 e. The maximum atomic E-state index is 12.4. The van der Waals surface area contributed by atoms with Gasteiger partial charge in [0.15, 0.2) is 0 Å². The summed E-state index contributed by atoms with van der Waals surface area (Å²) in [6.07, 6.45) is 2.70. The van der Waals surface area contributed by atoms with E-state index in [4.69, 9.17) is 5.73 Å². The summed E-state index contributed by atoms with van der Waals surface area (Å²) in [4.78, 5) is 16.8. The summed E-state index contributed by atoms with van der Waals surface area (Å²) in [5.41, 5.74) is 5.81. The van der Waals surface area contributed by atoms with E-state index in [0.29, 0.717) is 24.8 Å². The first-order valence-corrected chi connectivity index (χ1v) is 8.68. The van der Waals surface area contributed by atoms with Crippen molar-refractivity contribution >= 4 is 5.91 Å². The Morgan fingerprint density at radius 2 is 1.67 bits per heavy atom. The zero-order valence-corrected chi connectivity index (χ0v) is 14.9. The van der Waals surface area contributed by atoms with E-state index in [1.54, 1.807) is 0 Å². The third-order valence-corrected chi connectivity index (χ3v) is 4.13. The van der Waals surface area contributed by atoms with Crippen molar-refractivity contribution in [1.29, 1.82) is 0 Å². The standard InChI is InChI=1S/C17H37N3O/c1-6-19(7-2)10-9-11-20(8-3)17(21)13-16(14-18)12-15(4)5/h15-16H,6-14,18H2,1-5H3/t16-/m0/s1. The minimum absolute atomic E-state index is 0.271. The zero-order chi connectivity index (χ0) is 16.3. The van der Waals surface area contributed by atoms with Crippen molar-refractivity contribution in [2.75, 3.05) is 39.3 Å². The maximum Gasteiger partial charge on any atom is 0.222 e. The van der Waals surface area contributed by atoms with Crippen LogP contribution < -0.4 is 5.73 Å². The van der Waals surface area contributed by atoms with Crippen LogP contribution in [0.5, 0.6) is 0 Å². The lowest BCUT2D eigenvalue weighted by atomic mass is 9.94. The first kappa shape index (κ1) is 20.4. The van der Waals surface area contributed by atoms with Crippen molar-refractivity contribution in [3.05, 3.63) is 0 Å². The Balaban J connectivity index is 4.22. The minimum Gasteiger partial charge on any atom is -0.343 e. The molecule has 0 aliphatic carbocycles. The highest BCUT2D eigenvalue weighted by Crippen LogP contribution is 2.15. The molecule has 0 saturated heterocycles. The molecule has 2 N–H and O–H groups in total. The average Bonchev–Trinajstić information content (AvgIpc) is 2.46. The zero-order valence-electron chi connectivity index (χ0n) is 14.9. The Labute approximate surface area is 132 Å². The van der Waals surface area contributed by atoms with Crippen LogP contribution in [0.1, 0.15) is 53.9 Å². The van der Waals surface area contributed by atoms with Gasteiger partial charge in [0.2, 0.25) is 5.91 Å². The van der Waals surface area contributed by atoms with Crippen LogP contribution in [0, 0.1) is 11.8 Å². The van der Waals surface area contributed by atoms with Crippen LogP contribution in [0.15, 0.2) is 0 Å². The van der Waals surface area contributed by atoms with E-state index >= 15 is 0 Å². The van der Waals surface area contributed by atoms with Crippen molar-refractivity contribution in [3.63, 3.8) is 0 Å². The Bertz CT molecular complexity index is 265. The molecule has 0 aromatic carbocycles. The van der Waals surface area contributed by atoms with Crippen molar-refractivity contribution in [2.24, 2.45) is 17.6 Å². The van der Waals surface area contributed by atoms with Gasteiger partial charge >= 0.3 is 0 Å². The molecular weight excluding hydrogens is 262 g/mol. The van der Waals surface area contributed by atoms with Crippen LogP contribution in [0.2, 0.25) is 0 Å². The Morgan fingerprint density at radius 3 is 2.10 bits per heavy atom. The van der Waals surface area contributed by atoms with Gasteiger partial charge in [0, 0.05) is 19.5 Å². The van der Waals surface area contributed by atoms with Gasteiger partial charge in [0.05, 0.1) is 0 Å². The molecule has 21 heavy (non-hydrogen) atoms. The monoisotopic (exact) mass is 299 g/mol. The van der Waals surface area contributed by atoms with Crippen LogP contribution >= 0.6 is 0 Å².